The van der Waals surface area contributed by atoms with Crippen LogP contribution in [0.3, 0.4) is 0 Å². The Bertz CT molecular complexity index is 1030. The van der Waals surface area contributed by atoms with Crippen molar-refractivity contribution in [1.29, 1.82) is 5.26 Å². The van der Waals surface area contributed by atoms with Gasteiger partial charge < -0.3 is 20.3 Å². The Labute approximate surface area is 180 Å². The second-order valence-electron chi connectivity index (χ2n) is 8.08. The van der Waals surface area contributed by atoms with Crippen molar-refractivity contribution >= 4 is 34.2 Å². The van der Waals surface area contributed by atoms with Gasteiger partial charge in [-0.3, -0.25) is 9.59 Å². The molecule has 2 amide bonds. The van der Waals surface area contributed by atoms with Gasteiger partial charge in [0.2, 0.25) is 11.8 Å². The second kappa shape index (κ2) is 9.27. The lowest BCUT2D eigenvalue weighted by Crippen LogP contribution is -2.40. The van der Waals surface area contributed by atoms with E-state index in [0.717, 1.165) is 30.0 Å². The molecule has 1 unspecified atom stereocenters. The molecule has 9 heteroatoms. The zero-order valence-electron chi connectivity index (χ0n) is 17.6. The molecule has 0 spiro atoms. The molecule has 2 N–H and O–H groups in total. The highest BCUT2D eigenvalue weighted by atomic mass is 16.5. The van der Waals surface area contributed by atoms with Crippen molar-refractivity contribution in [3.8, 4) is 6.07 Å². The molecule has 9 nitrogen and oxygen atoms in total. The first-order valence-electron chi connectivity index (χ1n) is 10.6. The van der Waals surface area contributed by atoms with Crippen molar-refractivity contribution in [2.45, 2.75) is 38.6 Å². The van der Waals surface area contributed by atoms with E-state index in [0.29, 0.717) is 50.1 Å². The van der Waals surface area contributed by atoms with Crippen molar-refractivity contribution in [1.82, 2.24) is 15.3 Å². The zero-order chi connectivity index (χ0) is 21.8. The second-order valence-corrected chi connectivity index (χ2v) is 8.08. The molecule has 4 rings (SSSR count). The van der Waals surface area contributed by atoms with E-state index in [1.165, 1.54) is 6.92 Å². The Balaban J connectivity index is 1.56. The highest BCUT2D eigenvalue weighted by molar-refractivity contribution is 5.98. The van der Waals surface area contributed by atoms with Crippen molar-refractivity contribution in [3.63, 3.8) is 0 Å². The number of hydrogen-bond donors (Lipinski definition) is 2. The van der Waals surface area contributed by atoms with Crippen molar-refractivity contribution in [2.75, 3.05) is 36.5 Å². The Hall–Kier alpha value is -3.25. The van der Waals surface area contributed by atoms with Gasteiger partial charge in [0.1, 0.15) is 23.4 Å². The molecule has 3 heterocycles. The minimum absolute atomic E-state index is 0.0353. The summed E-state index contributed by atoms with van der Waals surface area (Å²) >= 11 is 0. The van der Waals surface area contributed by atoms with E-state index in [1.807, 2.05) is 6.07 Å². The van der Waals surface area contributed by atoms with Crippen molar-refractivity contribution < 1.29 is 14.3 Å². The molecule has 31 heavy (non-hydrogen) atoms. The summed E-state index contributed by atoms with van der Waals surface area (Å²) in [6, 6.07) is 5.67. The first kappa shape index (κ1) is 21.0. The molecule has 0 bridgehead atoms. The predicted molar refractivity (Wildman–Crippen MR) is 115 cm³/mol. The normalized spacial score (nSPS) is 21.4. The monoisotopic (exact) mass is 422 g/mol. The van der Waals surface area contributed by atoms with Crippen LogP contribution in [0.15, 0.2) is 18.3 Å². The van der Waals surface area contributed by atoms with Gasteiger partial charge in [-0.15, -0.1) is 0 Å². The third kappa shape index (κ3) is 4.91. The average Bonchev–Trinajstić information content (AvgIpc) is 2.78. The van der Waals surface area contributed by atoms with E-state index < -0.39 is 0 Å². The number of nitrogens with zero attached hydrogens (tertiary/aromatic N) is 4. The Morgan fingerprint density at radius 2 is 2.06 bits per heavy atom. The molecule has 162 valence electrons. The molecular weight excluding hydrogens is 396 g/mol. The highest BCUT2D eigenvalue weighted by Gasteiger charge is 2.28. The lowest BCUT2D eigenvalue weighted by Gasteiger charge is -2.29. The maximum Gasteiger partial charge on any atom is 0.228 e. The zero-order valence-corrected chi connectivity index (χ0v) is 17.6. The quantitative estimate of drug-likeness (QED) is 0.773. The number of morpholine rings is 1. The summed E-state index contributed by atoms with van der Waals surface area (Å²) in [6.45, 7) is 4.08. The number of fused-ring (bicyclic) bond motifs is 1. The number of amides is 2. The van der Waals surface area contributed by atoms with E-state index >= 15 is 0 Å². The number of ether oxygens (including phenoxy) is 1. The van der Waals surface area contributed by atoms with Crippen LogP contribution in [0.5, 0.6) is 0 Å². The topological polar surface area (TPSA) is 120 Å². The van der Waals surface area contributed by atoms with Crippen LogP contribution in [0.4, 0.5) is 11.6 Å². The summed E-state index contributed by atoms with van der Waals surface area (Å²) in [5, 5.41) is 16.9. The fraction of sp³-hybridized carbons (Fsp3) is 0.500. The molecule has 1 aliphatic carbocycles. The Kier molecular flexibility index (Phi) is 6.28. The van der Waals surface area contributed by atoms with E-state index in [1.54, 1.807) is 12.3 Å². The fourth-order valence-corrected chi connectivity index (χ4v) is 4.35. The van der Waals surface area contributed by atoms with Gasteiger partial charge in [0.25, 0.3) is 0 Å². The standard InChI is InChI=1S/C22H26N6O3/c1-14(29)25-17-4-2-3-15(9-17)22(30)27-20-11-19-16(13-24-20)10-18(12-23)26-21(19)28-5-7-31-8-6-28/h10-11,13,15,17H,2-9H2,1H3,(H,25,29)(H,24,27,30)/t15?,17-/m1/s1. The number of rotatable bonds is 4. The smallest absolute Gasteiger partial charge is 0.228 e. The Morgan fingerprint density at radius 3 is 2.81 bits per heavy atom. The third-order valence-electron chi connectivity index (χ3n) is 5.82. The fourth-order valence-electron chi connectivity index (χ4n) is 4.35. The van der Waals surface area contributed by atoms with Crippen molar-refractivity contribution in [3.05, 3.63) is 24.0 Å². The number of anilines is 2. The van der Waals surface area contributed by atoms with Gasteiger partial charge in [0.15, 0.2) is 0 Å². The molecule has 1 saturated carbocycles. The summed E-state index contributed by atoms with van der Waals surface area (Å²) in [5.74, 6) is 0.846. The molecule has 2 aliphatic rings. The van der Waals surface area contributed by atoms with Crippen molar-refractivity contribution in [2.24, 2.45) is 5.92 Å². The van der Waals surface area contributed by atoms with Crippen LogP contribution in [0.2, 0.25) is 0 Å². The largest absolute Gasteiger partial charge is 0.378 e. The maximum atomic E-state index is 12.9. The summed E-state index contributed by atoms with van der Waals surface area (Å²) in [5.41, 5.74) is 0.332. The van der Waals surface area contributed by atoms with Crippen LogP contribution >= 0.6 is 0 Å². The minimum Gasteiger partial charge on any atom is -0.378 e. The molecular formula is C22H26N6O3. The minimum atomic E-state index is -0.166. The predicted octanol–water partition coefficient (Wildman–Crippen LogP) is 1.97. The number of aromatic nitrogens is 2. The van der Waals surface area contributed by atoms with E-state index in [4.69, 9.17) is 4.74 Å². The summed E-state index contributed by atoms with van der Waals surface area (Å²) in [4.78, 5) is 35.2. The van der Waals surface area contributed by atoms with Crippen LogP contribution in [0, 0.1) is 17.2 Å². The van der Waals surface area contributed by atoms with Gasteiger partial charge >= 0.3 is 0 Å². The van der Waals surface area contributed by atoms with Crippen LogP contribution in [0.1, 0.15) is 38.3 Å². The van der Waals surface area contributed by atoms with Gasteiger partial charge in [-0.2, -0.15) is 5.26 Å². The summed E-state index contributed by atoms with van der Waals surface area (Å²) in [6.07, 6.45) is 4.88. The third-order valence-corrected chi connectivity index (χ3v) is 5.82. The van der Waals surface area contributed by atoms with E-state index in [-0.39, 0.29) is 23.8 Å². The lowest BCUT2D eigenvalue weighted by atomic mass is 9.85. The molecule has 1 saturated heterocycles. The molecule has 1 aliphatic heterocycles. The van der Waals surface area contributed by atoms with Gasteiger partial charge in [-0.05, 0) is 31.4 Å². The summed E-state index contributed by atoms with van der Waals surface area (Å²) < 4.78 is 5.44. The van der Waals surface area contributed by atoms with Gasteiger partial charge in [0, 0.05) is 48.9 Å². The number of nitriles is 1. The number of carbonyl (C=O) groups excluding carboxylic acids is 2. The van der Waals surface area contributed by atoms with Crippen LogP contribution in [-0.2, 0) is 14.3 Å². The highest BCUT2D eigenvalue weighted by Crippen LogP contribution is 2.29. The van der Waals surface area contributed by atoms with Crippen LogP contribution in [0.25, 0.3) is 10.8 Å². The van der Waals surface area contributed by atoms with Gasteiger partial charge in [-0.1, -0.05) is 6.42 Å². The first-order chi connectivity index (χ1) is 15.0. The molecule has 0 radical (unpaired) electrons. The van der Waals surface area contributed by atoms with Crippen LogP contribution < -0.4 is 15.5 Å². The first-order valence-corrected chi connectivity index (χ1v) is 10.6. The average molecular weight is 422 g/mol. The maximum absolute atomic E-state index is 12.9. The number of hydrogen-bond acceptors (Lipinski definition) is 7. The van der Waals surface area contributed by atoms with Crippen LogP contribution in [-0.4, -0.2) is 54.1 Å². The number of pyridine rings is 2. The molecule has 0 aromatic carbocycles. The van der Waals surface area contributed by atoms with E-state index in [9.17, 15) is 14.9 Å². The summed E-state index contributed by atoms with van der Waals surface area (Å²) in [7, 11) is 0. The number of nitrogens with one attached hydrogen (secondary N) is 2. The SMILES string of the molecule is CC(=O)N[C@@H]1CCCC(C(=O)Nc2cc3c(N4CCOCC4)nc(C#N)cc3cn2)C1. The number of carbonyl (C=O) groups is 2. The molecule has 2 aromatic rings. The lowest BCUT2D eigenvalue weighted by molar-refractivity contribution is -0.123. The Morgan fingerprint density at radius 1 is 1.26 bits per heavy atom. The van der Waals surface area contributed by atoms with Gasteiger partial charge in [-0.25, -0.2) is 9.97 Å². The molecule has 2 aromatic heterocycles. The molecule has 2 fully saturated rings. The molecule has 2 atom stereocenters. The van der Waals surface area contributed by atoms with Gasteiger partial charge in [0.05, 0.1) is 13.2 Å². The van der Waals surface area contributed by atoms with E-state index in [2.05, 4.69) is 31.6 Å².